The molecule has 0 fully saturated rings. The van der Waals surface area contributed by atoms with Crippen LogP contribution in [-0.4, -0.2) is 39.7 Å². The van der Waals surface area contributed by atoms with Gasteiger partial charge in [0.05, 0.1) is 7.11 Å². The first-order valence-electron chi connectivity index (χ1n) is 4.97. The summed E-state index contributed by atoms with van der Waals surface area (Å²) in [6.07, 6.45) is 0. The molecule has 1 aromatic carbocycles. The maximum Gasteiger partial charge on any atom is 0.320 e. The number of amides is 1. The van der Waals surface area contributed by atoms with E-state index in [0.29, 0.717) is 0 Å². The molecule has 0 aromatic heterocycles. The van der Waals surface area contributed by atoms with Crippen LogP contribution in [-0.2, 0) is 9.53 Å². The summed E-state index contributed by atoms with van der Waals surface area (Å²) in [7, 11) is 1.27. The van der Waals surface area contributed by atoms with Gasteiger partial charge in [-0.1, -0.05) is 22.6 Å². The molecule has 1 atom stereocenters. The maximum atomic E-state index is 11.7. The molecule has 1 aromatic rings. The topological polar surface area (TPSA) is 95.9 Å². The molecule has 0 aliphatic carbocycles. The van der Waals surface area contributed by atoms with Gasteiger partial charge in [-0.3, -0.25) is 9.59 Å². The zero-order chi connectivity index (χ0) is 13.7. The van der Waals surface area contributed by atoms with E-state index in [-0.39, 0.29) is 23.6 Å². The van der Waals surface area contributed by atoms with Gasteiger partial charge in [0.2, 0.25) is 0 Å². The van der Waals surface area contributed by atoms with Gasteiger partial charge in [-0.2, -0.15) is 0 Å². The van der Waals surface area contributed by atoms with E-state index >= 15 is 0 Å². The molecule has 0 saturated heterocycles. The molecule has 0 radical (unpaired) electrons. The highest BCUT2D eigenvalue weighted by Crippen LogP contribution is 2.20. The van der Waals surface area contributed by atoms with Crippen molar-refractivity contribution in [3.8, 4) is 11.5 Å². The summed E-state index contributed by atoms with van der Waals surface area (Å²) in [5.74, 6) is -1.35. The number of esters is 1. The second-order valence-electron chi connectivity index (χ2n) is 3.44. The minimum absolute atomic E-state index is 0.0997. The molecule has 6 nitrogen and oxygen atoms in total. The van der Waals surface area contributed by atoms with Crippen molar-refractivity contribution in [3.05, 3.63) is 23.8 Å². The molecule has 0 bridgehead atoms. The summed E-state index contributed by atoms with van der Waals surface area (Å²) in [6.45, 7) is 0.0997. The molecule has 98 valence electrons. The van der Waals surface area contributed by atoms with E-state index in [1.165, 1.54) is 19.2 Å². The normalized spacial score (nSPS) is 11.7. The summed E-state index contributed by atoms with van der Waals surface area (Å²) in [4.78, 5) is 22.8. The highest BCUT2D eigenvalue weighted by atomic mass is 127. The number of carbonyl (C=O) groups is 2. The van der Waals surface area contributed by atoms with E-state index in [2.05, 4.69) is 10.1 Å². The Kier molecular flexibility index (Phi) is 5.20. The summed E-state index contributed by atoms with van der Waals surface area (Å²) in [5, 5.41) is 21.0. The van der Waals surface area contributed by atoms with E-state index in [1.54, 1.807) is 0 Å². The Morgan fingerprint density at radius 2 is 1.89 bits per heavy atom. The predicted octanol–water partition coefficient (Wildman–Crippen LogP) is 0.804. The molecular formula is C11H12INO5. The number of aromatic hydroxyl groups is 2. The van der Waals surface area contributed by atoms with E-state index in [9.17, 15) is 19.8 Å². The molecule has 0 spiro atoms. The lowest BCUT2D eigenvalue weighted by molar-refractivity contribution is -0.139. The number of rotatable bonds is 4. The highest BCUT2D eigenvalue weighted by Gasteiger charge is 2.17. The smallest absolute Gasteiger partial charge is 0.320 e. The van der Waals surface area contributed by atoms with Crippen LogP contribution < -0.4 is 5.32 Å². The van der Waals surface area contributed by atoms with Gasteiger partial charge in [0.15, 0.2) is 0 Å². The van der Waals surface area contributed by atoms with Crippen molar-refractivity contribution in [2.75, 3.05) is 13.7 Å². The second-order valence-corrected chi connectivity index (χ2v) is 4.94. The number of phenolic OH excluding ortho intramolecular Hbond substituents is 2. The van der Waals surface area contributed by atoms with Gasteiger partial charge in [-0.15, -0.1) is 0 Å². The standard InChI is InChI=1S/C11H12INO5/c1-18-11(17)9(12)5-13-10(16)6-2-7(14)4-8(15)3-6/h2-4,9,14-15H,5H2,1H3,(H,13,16). The molecule has 1 amide bonds. The first-order chi connectivity index (χ1) is 8.43. The van der Waals surface area contributed by atoms with Crippen LogP contribution in [0.2, 0.25) is 0 Å². The fraction of sp³-hybridized carbons (Fsp3) is 0.273. The lowest BCUT2D eigenvalue weighted by Gasteiger charge is -2.09. The molecule has 0 aliphatic rings. The monoisotopic (exact) mass is 365 g/mol. The van der Waals surface area contributed by atoms with Crippen LogP contribution in [0, 0.1) is 0 Å². The third-order valence-electron chi connectivity index (χ3n) is 2.06. The van der Waals surface area contributed by atoms with Gasteiger partial charge in [-0.05, 0) is 12.1 Å². The fourth-order valence-electron chi connectivity index (χ4n) is 1.22. The average molecular weight is 365 g/mol. The SMILES string of the molecule is COC(=O)C(I)CNC(=O)c1cc(O)cc(O)c1. The molecule has 18 heavy (non-hydrogen) atoms. The zero-order valence-electron chi connectivity index (χ0n) is 9.51. The van der Waals surface area contributed by atoms with Crippen molar-refractivity contribution < 1.29 is 24.5 Å². The van der Waals surface area contributed by atoms with Gasteiger partial charge in [0.25, 0.3) is 5.91 Å². The summed E-state index contributed by atoms with van der Waals surface area (Å²) in [6, 6.07) is 3.55. The van der Waals surface area contributed by atoms with Crippen molar-refractivity contribution >= 4 is 34.5 Å². The second kappa shape index (κ2) is 6.43. The lowest BCUT2D eigenvalue weighted by atomic mass is 10.2. The third-order valence-corrected chi connectivity index (χ3v) is 3.01. The Balaban J connectivity index is 2.63. The molecule has 0 heterocycles. The van der Waals surface area contributed by atoms with Crippen LogP contribution in [0.15, 0.2) is 18.2 Å². The number of hydrogen-bond acceptors (Lipinski definition) is 5. The van der Waals surface area contributed by atoms with E-state index in [4.69, 9.17) is 0 Å². The first kappa shape index (κ1) is 14.6. The number of halogens is 1. The predicted molar refractivity (Wildman–Crippen MR) is 71.9 cm³/mol. The van der Waals surface area contributed by atoms with Crippen LogP contribution in [0.1, 0.15) is 10.4 Å². The van der Waals surface area contributed by atoms with E-state index in [1.807, 2.05) is 22.6 Å². The largest absolute Gasteiger partial charge is 0.508 e. The highest BCUT2D eigenvalue weighted by molar-refractivity contribution is 14.1. The van der Waals surface area contributed by atoms with Gasteiger partial charge < -0.3 is 20.3 Å². The van der Waals surface area contributed by atoms with Crippen molar-refractivity contribution in [1.29, 1.82) is 0 Å². The molecule has 3 N–H and O–H groups in total. The fourth-order valence-corrected chi connectivity index (χ4v) is 1.70. The van der Waals surface area contributed by atoms with Gasteiger partial charge in [0.1, 0.15) is 15.4 Å². The molecule has 7 heteroatoms. The van der Waals surface area contributed by atoms with Gasteiger partial charge >= 0.3 is 5.97 Å². The Morgan fingerprint density at radius 1 is 1.33 bits per heavy atom. The van der Waals surface area contributed by atoms with Crippen LogP contribution >= 0.6 is 22.6 Å². The van der Waals surface area contributed by atoms with Crippen LogP contribution in [0.3, 0.4) is 0 Å². The number of nitrogens with one attached hydrogen (secondary N) is 1. The Labute approximate surface area is 117 Å². The number of methoxy groups -OCH3 is 1. The number of alkyl halides is 1. The van der Waals surface area contributed by atoms with Crippen molar-refractivity contribution in [3.63, 3.8) is 0 Å². The number of benzene rings is 1. The Bertz CT molecular complexity index is 442. The van der Waals surface area contributed by atoms with Crippen LogP contribution in [0.5, 0.6) is 11.5 Å². The summed E-state index contributed by atoms with van der Waals surface area (Å²) in [5.41, 5.74) is 0.112. The van der Waals surface area contributed by atoms with Crippen molar-refractivity contribution in [2.24, 2.45) is 0 Å². The average Bonchev–Trinajstić information content (AvgIpc) is 2.33. The lowest BCUT2D eigenvalue weighted by Crippen LogP contribution is -2.33. The summed E-state index contributed by atoms with van der Waals surface area (Å²) >= 11 is 1.85. The van der Waals surface area contributed by atoms with Gasteiger partial charge in [0, 0.05) is 18.2 Å². The zero-order valence-corrected chi connectivity index (χ0v) is 11.7. The minimum atomic E-state index is -0.498. The number of ether oxygens (including phenoxy) is 1. The number of phenols is 2. The molecule has 0 aliphatic heterocycles. The quantitative estimate of drug-likeness (QED) is 0.417. The minimum Gasteiger partial charge on any atom is -0.508 e. The third kappa shape index (κ3) is 4.06. The van der Waals surface area contributed by atoms with Crippen LogP contribution in [0.25, 0.3) is 0 Å². The van der Waals surface area contributed by atoms with Crippen molar-refractivity contribution in [2.45, 2.75) is 3.92 Å². The van der Waals surface area contributed by atoms with E-state index < -0.39 is 15.8 Å². The van der Waals surface area contributed by atoms with Gasteiger partial charge in [-0.25, -0.2) is 0 Å². The molecule has 1 rings (SSSR count). The van der Waals surface area contributed by atoms with E-state index in [0.717, 1.165) is 6.07 Å². The Morgan fingerprint density at radius 3 is 2.39 bits per heavy atom. The maximum absolute atomic E-state index is 11.7. The number of hydrogen-bond donors (Lipinski definition) is 3. The van der Waals surface area contributed by atoms with Crippen LogP contribution in [0.4, 0.5) is 0 Å². The Hall–Kier alpha value is -1.51. The molecular weight excluding hydrogens is 353 g/mol. The molecule has 1 unspecified atom stereocenters. The first-order valence-corrected chi connectivity index (χ1v) is 6.21. The molecule has 0 saturated carbocycles. The summed E-state index contributed by atoms with van der Waals surface area (Å²) < 4.78 is 4.01. The number of carbonyl (C=O) groups excluding carboxylic acids is 2. The van der Waals surface area contributed by atoms with Crippen molar-refractivity contribution in [1.82, 2.24) is 5.32 Å².